The first-order valence-corrected chi connectivity index (χ1v) is 7.26. The number of nitrogens with zero attached hydrogens (tertiary/aromatic N) is 1. The zero-order chi connectivity index (χ0) is 16.2. The second-order valence-electron chi connectivity index (χ2n) is 4.41. The Morgan fingerprint density at radius 1 is 1.26 bits per heavy atom. The number of carbonyl (C=O) groups excluding carboxylic acids is 1. The van der Waals surface area contributed by atoms with Crippen LogP contribution in [0.25, 0.3) is 0 Å². The van der Waals surface area contributed by atoms with Crippen molar-refractivity contribution in [3.8, 4) is 5.75 Å². The molecule has 1 rings (SSSR count). The van der Waals surface area contributed by atoms with Gasteiger partial charge in [0.2, 0.25) is 0 Å². The normalized spacial score (nSPS) is 10.3. The number of halogens is 1. The molecule has 6 nitrogen and oxygen atoms in total. The number of amides is 1. The molecule has 1 aromatic rings. The van der Waals surface area contributed by atoms with E-state index < -0.39 is 0 Å². The van der Waals surface area contributed by atoms with Crippen LogP contribution in [0.4, 0.5) is 0 Å². The van der Waals surface area contributed by atoms with Gasteiger partial charge >= 0.3 is 0 Å². The molecule has 0 spiro atoms. The van der Waals surface area contributed by atoms with E-state index in [9.17, 15) is 4.79 Å². The predicted octanol–water partition coefficient (Wildman–Crippen LogP) is 1.78. The third-order valence-electron chi connectivity index (χ3n) is 2.78. The highest BCUT2D eigenvalue weighted by atomic mass is 127. The summed E-state index contributed by atoms with van der Waals surface area (Å²) in [7, 11) is 1.59. The summed E-state index contributed by atoms with van der Waals surface area (Å²) in [6, 6.07) is 6.98. The lowest BCUT2D eigenvalue weighted by atomic mass is 10.2. The third kappa shape index (κ3) is 8.44. The van der Waals surface area contributed by atoms with E-state index in [1.54, 1.807) is 37.5 Å². The van der Waals surface area contributed by atoms with Crippen molar-refractivity contribution in [1.29, 1.82) is 0 Å². The van der Waals surface area contributed by atoms with Crippen LogP contribution in [0.1, 0.15) is 17.3 Å². The lowest BCUT2D eigenvalue weighted by molar-refractivity contribution is 0.0955. The van der Waals surface area contributed by atoms with Crippen molar-refractivity contribution in [3.05, 3.63) is 42.5 Å². The summed E-state index contributed by atoms with van der Waals surface area (Å²) in [6.07, 6.45) is 1.76. The van der Waals surface area contributed by atoms with Gasteiger partial charge in [0.05, 0.1) is 13.7 Å². The Hall–Kier alpha value is -1.77. The summed E-state index contributed by atoms with van der Waals surface area (Å²) in [4.78, 5) is 16.3. The van der Waals surface area contributed by atoms with Gasteiger partial charge in [-0.05, 0) is 31.2 Å². The Morgan fingerprint density at radius 2 is 1.96 bits per heavy atom. The maximum atomic E-state index is 11.9. The quantitative estimate of drug-likeness (QED) is 0.193. The van der Waals surface area contributed by atoms with E-state index in [1.165, 1.54) is 0 Å². The second kappa shape index (κ2) is 12.7. The summed E-state index contributed by atoms with van der Waals surface area (Å²) in [5, 5.41) is 9.04. The van der Waals surface area contributed by atoms with Crippen LogP contribution in [0.15, 0.2) is 41.9 Å². The fourth-order valence-corrected chi connectivity index (χ4v) is 1.69. The lowest BCUT2D eigenvalue weighted by Gasteiger charge is -2.09. The third-order valence-corrected chi connectivity index (χ3v) is 2.78. The number of benzene rings is 1. The fourth-order valence-electron chi connectivity index (χ4n) is 1.69. The van der Waals surface area contributed by atoms with Crippen LogP contribution in [0.3, 0.4) is 0 Å². The summed E-state index contributed by atoms with van der Waals surface area (Å²) in [5.74, 6) is 1.31. The lowest BCUT2D eigenvalue weighted by Crippen LogP contribution is -2.38. The number of methoxy groups -OCH3 is 1. The molecule has 0 atom stereocenters. The number of aliphatic imine (C=N–C) groups is 1. The van der Waals surface area contributed by atoms with Crippen LogP contribution in [0, 0.1) is 0 Å². The zero-order valence-electron chi connectivity index (χ0n) is 13.6. The molecule has 0 saturated heterocycles. The molecule has 1 amide bonds. The maximum Gasteiger partial charge on any atom is 0.251 e. The smallest absolute Gasteiger partial charge is 0.251 e. The number of guanidine groups is 1. The molecule has 0 aliphatic carbocycles. The monoisotopic (exact) mass is 432 g/mol. The number of rotatable bonds is 8. The van der Waals surface area contributed by atoms with E-state index >= 15 is 0 Å². The molecule has 3 N–H and O–H groups in total. The zero-order valence-corrected chi connectivity index (χ0v) is 15.9. The molecular weight excluding hydrogens is 407 g/mol. The van der Waals surface area contributed by atoms with Crippen molar-refractivity contribution in [3.63, 3.8) is 0 Å². The Bertz CT molecular complexity index is 503. The Labute approximate surface area is 154 Å². The molecule has 7 heteroatoms. The van der Waals surface area contributed by atoms with Gasteiger partial charge in [-0.2, -0.15) is 0 Å². The van der Waals surface area contributed by atoms with Gasteiger partial charge in [0.15, 0.2) is 5.96 Å². The summed E-state index contributed by atoms with van der Waals surface area (Å²) in [6.45, 7) is 8.03. The molecule has 0 unspecified atom stereocenters. The van der Waals surface area contributed by atoms with Gasteiger partial charge in [-0.3, -0.25) is 9.79 Å². The van der Waals surface area contributed by atoms with E-state index in [2.05, 4.69) is 27.5 Å². The topological polar surface area (TPSA) is 74.8 Å². The molecular formula is C16H25IN4O2. The molecule has 0 fully saturated rings. The minimum absolute atomic E-state index is 0. The van der Waals surface area contributed by atoms with Gasteiger partial charge in [0, 0.05) is 25.2 Å². The molecule has 0 aliphatic rings. The molecule has 0 aliphatic heterocycles. The highest BCUT2D eigenvalue weighted by molar-refractivity contribution is 14.0. The molecule has 23 heavy (non-hydrogen) atoms. The second-order valence-corrected chi connectivity index (χ2v) is 4.41. The number of ether oxygens (including phenoxy) is 1. The first kappa shape index (κ1) is 21.2. The average Bonchev–Trinajstić information content (AvgIpc) is 2.56. The Morgan fingerprint density at radius 3 is 2.52 bits per heavy atom. The first-order chi connectivity index (χ1) is 10.7. The van der Waals surface area contributed by atoms with Crippen molar-refractivity contribution in [2.24, 2.45) is 4.99 Å². The van der Waals surface area contributed by atoms with Gasteiger partial charge in [-0.25, -0.2) is 0 Å². The van der Waals surface area contributed by atoms with Crippen LogP contribution in [0.5, 0.6) is 5.75 Å². The van der Waals surface area contributed by atoms with E-state index in [-0.39, 0.29) is 29.9 Å². The van der Waals surface area contributed by atoms with E-state index in [4.69, 9.17) is 4.74 Å². The fraction of sp³-hybridized carbons (Fsp3) is 0.375. The van der Waals surface area contributed by atoms with E-state index in [1.807, 2.05) is 6.92 Å². The summed E-state index contributed by atoms with van der Waals surface area (Å²) >= 11 is 0. The molecule has 0 saturated carbocycles. The molecule has 1 aromatic carbocycles. The number of hydrogen-bond donors (Lipinski definition) is 3. The van der Waals surface area contributed by atoms with Crippen LogP contribution < -0.4 is 20.7 Å². The molecule has 0 radical (unpaired) electrons. The summed E-state index contributed by atoms with van der Waals surface area (Å²) in [5.41, 5.74) is 0.599. The number of nitrogens with one attached hydrogen (secondary N) is 3. The van der Waals surface area contributed by atoms with E-state index in [0.717, 1.165) is 12.3 Å². The van der Waals surface area contributed by atoms with Crippen LogP contribution in [-0.4, -0.2) is 45.2 Å². The van der Waals surface area contributed by atoms with Crippen molar-refractivity contribution in [2.75, 3.05) is 33.3 Å². The van der Waals surface area contributed by atoms with Crippen molar-refractivity contribution < 1.29 is 9.53 Å². The van der Waals surface area contributed by atoms with Crippen LogP contribution in [-0.2, 0) is 0 Å². The Balaban J connectivity index is 0.00000484. The van der Waals surface area contributed by atoms with Gasteiger partial charge in [0.25, 0.3) is 5.91 Å². The number of hydrogen-bond acceptors (Lipinski definition) is 3. The molecule has 128 valence electrons. The largest absolute Gasteiger partial charge is 0.497 e. The minimum atomic E-state index is -0.123. The van der Waals surface area contributed by atoms with E-state index in [0.29, 0.717) is 31.2 Å². The highest BCUT2D eigenvalue weighted by Gasteiger charge is 2.04. The first-order valence-electron chi connectivity index (χ1n) is 7.26. The van der Waals surface area contributed by atoms with Gasteiger partial charge < -0.3 is 20.7 Å². The molecule has 0 aromatic heterocycles. The van der Waals surface area contributed by atoms with Gasteiger partial charge in [0.1, 0.15) is 5.75 Å². The molecule has 0 bridgehead atoms. The van der Waals surface area contributed by atoms with Crippen molar-refractivity contribution in [1.82, 2.24) is 16.0 Å². The maximum absolute atomic E-state index is 11.9. The SMILES string of the molecule is C=CCNC(=NCCNC(=O)c1ccc(OC)cc1)NCC.I. The van der Waals surface area contributed by atoms with Gasteiger partial charge in [-0.1, -0.05) is 6.08 Å². The highest BCUT2D eigenvalue weighted by Crippen LogP contribution is 2.10. The average molecular weight is 432 g/mol. The Kier molecular flexibility index (Phi) is 11.8. The van der Waals surface area contributed by atoms with Gasteiger partial charge in [-0.15, -0.1) is 30.6 Å². The molecule has 0 heterocycles. The van der Waals surface area contributed by atoms with Crippen LogP contribution in [0.2, 0.25) is 0 Å². The van der Waals surface area contributed by atoms with Crippen molar-refractivity contribution >= 4 is 35.8 Å². The van der Waals surface area contributed by atoms with Crippen LogP contribution >= 0.6 is 24.0 Å². The predicted molar refractivity (Wildman–Crippen MR) is 105 cm³/mol. The number of carbonyl (C=O) groups is 1. The summed E-state index contributed by atoms with van der Waals surface area (Å²) < 4.78 is 5.06. The standard InChI is InChI=1S/C16H24N4O2.HI/c1-4-10-19-16(17-5-2)20-12-11-18-15(21)13-6-8-14(22-3)9-7-13;/h4,6-9H,1,5,10-12H2,2-3H3,(H,18,21)(H2,17,19,20);1H. The van der Waals surface area contributed by atoms with Crippen molar-refractivity contribution in [2.45, 2.75) is 6.92 Å². The minimum Gasteiger partial charge on any atom is -0.497 e.